The molecule has 18 heavy (non-hydrogen) atoms. The summed E-state index contributed by atoms with van der Waals surface area (Å²) in [6, 6.07) is 4.40. The van der Waals surface area contributed by atoms with Gasteiger partial charge in [0.2, 0.25) is 0 Å². The van der Waals surface area contributed by atoms with Crippen molar-refractivity contribution in [1.82, 2.24) is 9.97 Å². The zero-order valence-corrected chi connectivity index (χ0v) is 9.85. The monoisotopic (exact) mass is 248 g/mol. The van der Waals surface area contributed by atoms with Crippen molar-refractivity contribution >= 4 is 5.82 Å². The van der Waals surface area contributed by atoms with Crippen molar-refractivity contribution in [2.45, 2.75) is 13.5 Å². The van der Waals surface area contributed by atoms with Crippen LogP contribution >= 0.6 is 0 Å². The van der Waals surface area contributed by atoms with Crippen LogP contribution in [0.1, 0.15) is 11.3 Å². The van der Waals surface area contributed by atoms with Gasteiger partial charge in [0.25, 0.3) is 0 Å². The number of nitrogens with zero attached hydrogens (tertiary/aromatic N) is 2. The van der Waals surface area contributed by atoms with Crippen LogP contribution in [0.5, 0.6) is 5.75 Å². The number of ether oxygens (including phenoxy) is 1. The summed E-state index contributed by atoms with van der Waals surface area (Å²) in [5, 5.41) is 0. The number of hydrogen-bond acceptors (Lipinski definition) is 5. The molecule has 2 rings (SSSR count). The van der Waals surface area contributed by atoms with E-state index in [1.54, 1.807) is 12.3 Å². The number of hydrogen-bond donors (Lipinski definition) is 2. The van der Waals surface area contributed by atoms with Crippen LogP contribution in [0.4, 0.5) is 10.2 Å². The zero-order chi connectivity index (χ0) is 13.0. The maximum Gasteiger partial charge on any atom is 0.158 e. The second-order valence-corrected chi connectivity index (χ2v) is 3.74. The first-order valence-corrected chi connectivity index (χ1v) is 5.35. The van der Waals surface area contributed by atoms with Crippen molar-refractivity contribution in [2.75, 3.05) is 5.43 Å². The summed E-state index contributed by atoms with van der Waals surface area (Å²) in [6.07, 6.45) is 3.04. The highest BCUT2D eigenvalue weighted by Crippen LogP contribution is 2.19. The number of rotatable bonds is 4. The first kappa shape index (κ1) is 12.3. The smallest absolute Gasteiger partial charge is 0.158 e. The lowest BCUT2D eigenvalue weighted by Gasteiger charge is -2.08. The van der Waals surface area contributed by atoms with E-state index >= 15 is 0 Å². The second kappa shape index (κ2) is 5.42. The van der Waals surface area contributed by atoms with Crippen molar-refractivity contribution in [1.29, 1.82) is 0 Å². The summed E-state index contributed by atoms with van der Waals surface area (Å²) in [5.41, 5.74) is 3.88. The molecule has 0 aliphatic carbocycles. The number of hydrazine groups is 1. The molecule has 0 aliphatic rings. The molecule has 3 N–H and O–H groups in total. The normalized spacial score (nSPS) is 10.2. The lowest BCUT2D eigenvalue weighted by Crippen LogP contribution is -2.09. The van der Waals surface area contributed by atoms with Crippen molar-refractivity contribution in [3.63, 3.8) is 0 Å². The number of benzene rings is 1. The summed E-state index contributed by atoms with van der Waals surface area (Å²) >= 11 is 0. The second-order valence-electron chi connectivity index (χ2n) is 3.74. The van der Waals surface area contributed by atoms with E-state index in [2.05, 4.69) is 15.4 Å². The lowest BCUT2D eigenvalue weighted by atomic mass is 10.2. The fraction of sp³-hybridized carbons (Fsp3) is 0.167. The molecule has 6 heteroatoms. The fourth-order valence-corrected chi connectivity index (χ4v) is 1.38. The Morgan fingerprint density at radius 3 is 2.83 bits per heavy atom. The van der Waals surface area contributed by atoms with Gasteiger partial charge in [0.1, 0.15) is 18.2 Å². The molecule has 0 saturated heterocycles. The average molecular weight is 248 g/mol. The van der Waals surface area contributed by atoms with Gasteiger partial charge in [-0.25, -0.2) is 15.2 Å². The van der Waals surface area contributed by atoms with Crippen LogP contribution in [0, 0.1) is 12.7 Å². The molecule has 0 atom stereocenters. The molecule has 94 valence electrons. The van der Waals surface area contributed by atoms with E-state index in [4.69, 9.17) is 10.6 Å². The third kappa shape index (κ3) is 2.92. The van der Waals surface area contributed by atoms with Gasteiger partial charge >= 0.3 is 0 Å². The third-order valence-electron chi connectivity index (χ3n) is 2.38. The quantitative estimate of drug-likeness (QED) is 0.637. The Bertz CT molecular complexity index is 530. The predicted molar refractivity (Wildman–Crippen MR) is 65.3 cm³/mol. The van der Waals surface area contributed by atoms with E-state index in [1.165, 1.54) is 18.3 Å². The Morgan fingerprint density at radius 1 is 1.33 bits per heavy atom. The topological polar surface area (TPSA) is 73.1 Å². The minimum absolute atomic E-state index is 0.224. The van der Waals surface area contributed by atoms with Crippen LogP contribution in [-0.4, -0.2) is 9.97 Å². The molecular weight excluding hydrogens is 235 g/mol. The largest absolute Gasteiger partial charge is 0.487 e. The fourth-order valence-electron chi connectivity index (χ4n) is 1.38. The standard InChI is InChI=1S/C12H13FN4O/c1-8-2-3-9(13)4-11(8)18-7-10-5-16-12(17-14)6-15-10/h2-6H,7,14H2,1H3,(H,16,17). The Hall–Kier alpha value is -2.21. The summed E-state index contributed by atoms with van der Waals surface area (Å²) in [4.78, 5) is 8.09. The number of anilines is 1. The molecule has 0 fully saturated rings. The Kier molecular flexibility index (Phi) is 3.69. The maximum absolute atomic E-state index is 13.0. The minimum atomic E-state index is -0.329. The molecule has 0 unspecified atom stereocenters. The molecule has 0 radical (unpaired) electrons. The Morgan fingerprint density at radius 2 is 2.17 bits per heavy atom. The average Bonchev–Trinajstić information content (AvgIpc) is 2.40. The van der Waals surface area contributed by atoms with Crippen LogP contribution in [0.2, 0.25) is 0 Å². The van der Waals surface area contributed by atoms with Crippen molar-refractivity contribution < 1.29 is 9.13 Å². The number of nitrogens with two attached hydrogens (primary N) is 1. The lowest BCUT2D eigenvalue weighted by molar-refractivity contribution is 0.297. The van der Waals surface area contributed by atoms with Crippen LogP contribution in [-0.2, 0) is 6.61 Å². The summed E-state index contributed by atoms with van der Waals surface area (Å²) in [5.74, 6) is 5.82. The molecule has 0 aliphatic heterocycles. The highest BCUT2D eigenvalue weighted by molar-refractivity contribution is 5.33. The van der Waals surface area contributed by atoms with Gasteiger partial charge in [-0.2, -0.15) is 0 Å². The summed E-state index contributed by atoms with van der Waals surface area (Å²) in [6.45, 7) is 2.07. The van der Waals surface area contributed by atoms with Gasteiger partial charge in [0, 0.05) is 6.07 Å². The molecule has 5 nitrogen and oxygen atoms in total. The van der Waals surface area contributed by atoms with Gasteiger partial charge in [-0.05, 0) is 18.6 Å². The van der Waals surface area contributed by atoms with Crippen molar-refractivity contribution in [3.8, 4) is 5.75 Å². The van der Waals surface area contributed by atoms with E-state index < -0.39 is 0 Å². The van der Waals surface area contributed by atoms with Crippen LogP contribution in [0.25, 0.3) is 0 Å². The molecule has 1 aromatic heterocycles. The number of nitrogens with one attached hydrogen (secondary N) is 1. The highest BCUT2D eigenvalue weighted by atomic mass is 19.1. The molecule has 0 bridgehead atoms. The summed E-state index contributed by atoms with van der Waals surface area (Å²) in [7, 11) is 0. The van der Waals surface area contributed by atoms with Crippen LogP contribution < -0.4 is 16.0 Å². The van der Waals surface area contributed by atoms with Crippen LogP contribution in [0.15, 0.2) is 30.6 Å². The number of aromatic nitrogens is 2. The molecule has 2 aromatic rings. The van der Waals surface area contributed by atoms with E-state index in [0.717, 1.165) is 5.56 Å². The van der Waals surface area contributed by atoms with E-state index in [-0.39, 0.29) is 12.4 Å². The molecule has 1 aromatic carbocycles. The predicted octanol–water partition coefficient (Wildman–Crippen LogP) is 1.79. The first-order valence-electron chi connectivity index (χ1n) is 5.35. The van der Waals surface area contributed by atoms with Crippen molar-refractivity contribution in [3.05, 3.63) is 47.7 Å². The molecular formula is C12H13FN4O. The number of aryl methyl sites for hydroxylation is 1. The van der Waals surface area contributed by atoms with Gasteiger partial charge in [0.05, 0.1) is 18.1 Å². The van der Waals surface area contributed by atoms with Gasteiger partial charge in [0.15, 0.2) is 5.82 Å². The third-order valence-corrected chi connectivity index (χ3v) is 2.38. The minimum Gasteiger partial charge on any atom is -0.487 e. The Balaban J connectivity index is 2.04. The van der Waals surface area contributed by atoms with E-state index in [1.807, 2.05) is 6.92 Å². The van der Waals surface area contributed by atoms with Gasteiger partial charge in [-0.1, -0.05) is 6.07 Å². The zero-order valence-electron chi connectivity index (χ0n) is 9.85. The summed E-state index contributed by atoms with van der Waals surface area (Å²) < 4.78 is 18.5. The Labute approximate surface area is 104 Å². The molecule has 0 saturated carbocycles. The molecule has 1 heterocycles. The SMILES string of the molecule is Cc1ccc(F)cc1OCc1cnc(NN)cn1. The maximum atomic E-state index is 13.0. The van der Waals surface area contributed by atoms with Gasteiger partial charge < -0.3 is 10.2 Å². The molecule has 0 spiro atoms. The van der Waals surface area contributed by atoms with Gasteiger partial charge in [-0.3, -0.25) is 4.98 Å². The number of halogens is 1. The number of nitrogen functional groups attached to an aromatic ring is 1. The molecule has 0 amide bonds. The highest BCUT2D eigenvalue weighted by Gasteiger charge is 2.03. The van der Waals surface area contributed by atoms with Crippen LogP contribution in [0.3, 0.4) is 0 Å². The first-order chi connectivity index (χ1) is 8.69. The van der Waals surface area contributed by atoms with Crippen molar-refractivity contribution in [2.24, 2.45) is 5.84 Å². The van der Waals surface area contributed by atoms with E-state index in [0.29, 0.717) is 17.3 Å². The van der Waals surface area contributed by atoms with E-state index in [9.17, 15) is 4.39 Å². The van der Waals surface area contributed by atoms with Gasteiger partial charge in [-0.15, -0.1) is 0 Å².